The summed E-state index contributed by atoms with van der Waals surface area (Å²) in [6.45, 7) is 8.98. The summed E-state index contributed by atoms with van der Waals surface area (Å²) >= 11 is 0. The Morgan fingerprint density at radius 3 is 2.61 bits per heavy atom. The second-order valence-electron chi connectivity index (χ2n) is 6.86. The Hall–Kier alpha value is -2.23. The molecule has 1 aromatic heterocycles. The molecule has 2 aromatic rings. The first kappa shape index (κ1) is 17.1. The van der Waals surface area contributed by atoms with Crippen LogP contribution in [-0.2, 0) is 5.41 Å². The van der Waals surface area contributed by atoms with Gasteiger partial charge in [-0.3, -0.25) is 4.79 Å². The van der Waals surface area contributed by atoms with Crippen molar-refractivity contribution < 1.29 is 9.90 Å². The van der Waals surface area contributed by atoms with Crippen molar-refractivity contribution in [2.75, 3.05) is 6.54 Å². The summed E-state index contributed by atoms with van der Waals surface area (Å²) in [4.78, 5) is 15.6. The number of hydrogen-bond donors (Lipinski definition) is 3. The Balaban J connectivity index is 2.48. The van der Waals surface area contributed by atoms with Crippen LogP contribution >= 0.6 is 0 Å². The predicted octanol–water partition coefficient (Wildman–Crippen LogP) is 4.21. The number of phenols is 1. The summed E-state index contributed by atoms with van der Waals surface area (Å²) in [5, 5.41) is 13.5. The number of unbranched alkanes of at least 4 members (excludes halogenated alkanes) is 1. The molecule has 3 N–H and O–H groups in total. The maximum atomic E-state index is 12.5. The largest absolute Gasteiger partial charge is 0.506 e. The van der Waals surface area contributed by atoms with Gasteiger partial charge in [-0.1, -0.05) is 34.1 Å². The molecule has 0 aliphatic heterocycles. The number of benzene rings is 1. The van der Waals surface area contributed by atoms with E-state index in [2.05, 4.69) is 38.0 Å². The molecule has 0 unspecified atom stereocenters. The zero-order valence-electron chi connectivity index (χ0n) is 14.4. The summed E-state index contributed by atoms with van der Waals surface area (Å²) in [6, 6.07) is 7.51. The van der Waals surface area contributed by atoms with Crippen LogP contribution in [-0.4, -0.2) is 22.5 Å². The van der Waals surface area contributed by atoms with Gasteiger partial charge in [0.25, 0.3) is 5.91 Å². The lowest BCUT2D eigenvalue weighted by atomic mass is 9.84. The van der Waals surface area contributed by atoms with E-state index in [1.54, 1.807) is 12.3 Å². The summed E-state index contributed by atoms with van der Waals surface area (Å²) in [5.41, 5.74) is 2.69. The van der Waals surface area contributed by atoms with Gasteiger partial charge in [0.05, 0.1) is 5.56 Å². The average Bonchev–Trinajstić information content (AvgIpc) is 3.00. The number of nitrogens with one attached hydrogen (secondary N) is 2. The molecule has 0 aliphatic carbocycles. The number of aromatic nitrogens is 1. The Bertz CT molecular complexity index is 667. The molecule has 0 saturated carbocycles. The fraction of sp³-hybridized carbons (Fsp3) is 0.421. The number of aromatic amines is 1. The topological polar surface area (TPSA) is 65.1 Å². The monoisotopic (exact) mass is 314 g/mol. The molecular weight excluding hydrogens is 288 g/mol. The normalized spacial score (nSPS) is 11.5. The second-order valence-corrected chi connectivity index (χ2v) is 6.86. The number of carbonyl (C=O) groups excluding carboxylic acids is 1. The zero-order valence-corrected chi connectivity index (χ0v) is 14.4. The van der Waals surface area contributed by atoms with E-state index >= 15 is 0 Å². The third-order valence-electron chi connectivity index (χ3n) is 3.92. The van der Waals surface area contributed by atoms with E-state index in [-0.39, 0.29) is 17.1 Å². The molecule has 0 spiro atoms. The molecule has 124 valence electrons. The Labute approximate surface area is 137 Å². The lowest BCUT2D eigenvalue weighted by molar-refractivity contribution is 0.0950. The number of rotatable bonds is 5. The maximum absolute atomic E-state index is 12.5. The molecule has 0 radical (unpaired) electrons. The molecule has 0 aliphatic rings. The Morgan fingerprint density at radius 2 is 2.04 bits per heavy atom. The van der Waals surface area contributed by atoms with E-state index in [4.69, 9.17) is 0 Å². The summed E-state index contributed by atoms with van der Waals surface area (Å²) < 4.78 is 0. The van der Waals surface area contributed by atoms with Crippen molar-refractivity contribution in [1.82, 2.24) is 10.3 Å². The second kappa shape index (κ2) is 6.90. The van der Waals surface area contributed by atoms with Crippen LogP contribution in [0.15, 0.2) is 30.5 Å². The first-order chi connectivity index (χ1) is 10.8. The highest BCUT2D eigenvalue weighted by Gasteiger charge is 2.22. The third-order valence-corrected chi connectivity index (χ3v) is 3.92. The van der Waals surface area contributed by atoms with Gasteiger partial charge < -0.3 is 15.4 Å². The molecule has 0 atom stereocenters. The molecule has 1 amide bonds. The number of carbonyl (C=O) groups is 1. The minimum absolute atomic E-state index is 0.0226. The van der Waals surface area contributed by atoms with E-state index in [1.807, 2.05) is 18.2 Å². The molecule has 2 rings (SSSR count). The molecule has 0 fully saturated rings. The first-order valence-corrected chi connectivity index (χ1v) is 8.14. The van der Waals surface area contributed by atoms with E-state index in [0.29, 0.717) is 17.7 Å². The Kier molecular flexibility index (Phi) is 5.14. The van der Waals surface area contributed by atoms with Crippen LogP contribution in [0.25, 0.3) is 11.3 Å². The van der Waals surface area contributed by atoms with Gasteiger partial charge >= 0.3 is 0 Å². The van der Waals surface area contributed by atoms with Gasteiger partial charge in [-0.2, -0.15) is 0 Å². The van der Waals surface area contributed by atoms with E-state index in [9.17, 15) is 9.90 Å². The van der Waals surface area contributed by atoms with Crippen molar-refractivity contribution in [3.8, 4) is 17.0 Å². The van der Waals surface area contributed by atoms with Crippen LogP contribution < -0.4 is 5.32 Å². The van der Waals surface area contributed by atoms with Gasteiger partial charge in [-0.15, -0.1) is 0 Å². The quantitative estimate of drug-likeness (QED) is 0.724. The highest BCUT2D eigenvalue weighted by molar-refractivity contribution is 5.99. The molecule has 1 aromatic carbocycles. The first-order valence-electron chi connectivity index (χ1n) is 8.14. The smallest absolute Gasteiger partial charge is 0.255 e. The van der Waals surface area contributed by atoms with Crippen LogP contribution in [0, 0.1) is 0 Å². The molecule has 0 bridgehead atoms. The molecular formula is C19H26N2O2. The standard InChI is InChI=1S/C19H26N2O2/c1-5-6-9-21-18(23)15-12-13(19(2,3)4)11-14(17(15)22)16-8-7-10-20-16/h7-8,10-12,20,22H,5-6,9H2,1-4H3,(H,21,23). The number of phenolic OH excluding ortho intramolecular Hbond substituents is 1. The zero-order chi connectivity index (χ0) is 17.0. The third kappa shape index (κ3) is 3.95. The van der Waals surface area contributed by atoms with Crippen LogP contribution in [0.3, 0.4) is 0 Å². The van der Waals surface area contributed by atoms with Crippen molar-refractivity contribution in [3.05, 3.63) is 41.6 Å². The Morgan fingerprint density at radius 1 is 1.30 bits per heavy atom. The number of amides is 1. The van der Waals surface area contributed by atoms with Crippen molar-refractivity contribution >= 4 is 5.91 Å². The molecule has 1 heterocycles. The minimum Gasteiger partial charge on any atom is -0.506 e. The van der Waals surface area contributed by atoms with Crippen LogP contribution in [0.2, 0.25) is 0 Å². The van der Waals surface area contributed by atoms with Gasteiger partial charge in [0.15, 0.2) is 0 Å². The highest BCUT2D eigenvalue weighted by Crippen LogP contribution is 2.36. The van der Waals surface area contributed by atoms with E-state index in [1.165, 1.54) is 0 Å². The lowest BCUT2D eigenvalue weighted by Gasteiger charge is -2.22. The maximum Gasteiger partial charge on any atom is 0.255 e. The summed E-state index contributed by atoms with van der Waals surface area (Å²) in [7, 11) is 0. The fourth-order valence-electron chi connectivity index (χ4n) is 2.42. The average molecular weight is 314 g/mol. The van der Waals surface area contributed by atoms with Crippen molar-refractivity contribution in [2.24, 2.45) is 0 Å². The highest BCUT2D eigenvalue weighted by atomic mass is 16.3. The van der Waals surface area contributed by atoms with Gasteiger partial charge in [0.2, 0.25) is 0 Å². The number of H-pyrrole nitrogens is 1. The summed E-state index contributed by atoms with van der Waals surface area (Å²) in [5.74, 6) is -0.204. The molecule has 23 heavy (non-hydrogen) atoms. The van der Waals surface area contributed by atoms with Gasteiger partial charge in [0, 0.05) is 24.0 Å². The van der Waals surface area contributed by atoms with Gasteiger partial charge in [-0.25, -0.2) is 0 Å². The van der Waals surface area contributed by atoms with Gasteiger partial charge in [-0.05, 0) is 41.7 Å². The van der Waals surface area contributed by atoms with E-state index in [0.717, 1.165) is 24.1 Å². The lowest BCUT2D eigenvalue weighted by Crippen LogP contribution is -2.25. The van der Waals surface area contributed by atoms with Gasteiger partial charge in [0.1, 0.15) is 5.75 Å². The van der Waals surface area contributed by atoms with Crippen molar-refractivity contribution in [3.63, 3.8) is 0 Å². The molecule has 0 saturated heterocycles. The predicted molar refractivity (Wildman–Crippen MR) is 93.8 cm³/mol. The summed E-state index contributed by atoms with van der Waals surface area (Å²) in [6.07, 6.45) is 3.75. The van der Waals surface area contributed by atoms with Crippen LogP contribution in [0.4, 0.5) is 0 Å². The number of aromatic hydroxyl groups is 1. The minimum atomic E-state index is -0.227. The van der Waals surface area contributed by atoms with Crippen molar-refractivity contribution in [2.45, 2.75) is 46.0 Å². The SMILES string of the molecule is CCCCNC(=O)c1cc(C(C)(C)C)cc(-c2ccc[nH]2)c1O. The number of hydrogen-bond acceptors (Lipinski definition) is 2. The molecule has 4 nitrogen and oxygen atoms in total. The van der Waals surface area contributed by atoms with Crippen LogP contribution in [0.1, 0.15) is 56.5 Å². The van der Waals surface area contributed by atoms with E-state index < -0.39 is 0 Å². The fourth-order valence-corrected chi connectivity index (χ4v) is 2.42. The molecule has 4 heteroatoms. The van der Waals surface area contributed by atoms with Crippen LogP contribution in [0.5, 0.6) is 5.75 Å². The van der Waals surface area contributed by atoms with Crippen molar-refractivity contribution in [1.29, 1.82) is 0 Å².